The van der Waals surface area contributed by atoms with Gasteiger partial charge in [0.25, 0.3) is 5.91 Å². The maximum absolute atomic E-state index is 11.7. The third kappa shape index (κ3) is 6.20. The van der Waals surface area contributed by atoms with Gasteiger partial charge in [-0.05, 0) is 50.9 Å². The Morgan fingerprint density at radius 1 is 1.35 bits per heavy atom. The van der Waals surface area contributed by atoms with Crippen molar-refractivity contribution in [1.82, 2.24) is 10.6 Å². The van der Waals surface area contributed by atoms with Gasteiger partial charge in [-0.3, -0.25) is 4.79 Å². The molecule has 0 saturated carbocycles. The van der Waals surface area contributed by atoms with Crippen molar-refractivity contribution in [3.05, 3.63) is 19.2 Å². The van der Waals surface area contributed by atoms with Crippen LogP contribution in [0.5, 0.6) is 0 Å². The Morgan fingerprint density at radius 3 is 2.59 bits per heavy atom. The predicted octanol–water partition coefficient (Wildman–Crippen LogP) is 3.42. The van der Waals surface area contributed by atoms with Crippen LogP contribution >= 0.6 is 55.6 Å². The maximum Gasteiger partial charge on any atom is 0.253 e. The van der Waals surface area contributed by atoms with Crippen LogP contribution < -0.4 is 10.6 Å². The van der Waals surface area contributed by atoms with Gasteiger partial charge in [0, 0.05) is 13.1 Å². The SMILES string of the molecule is CCCNCCNC(=O)c1cc(Br)sc1Br.Cl. The van der Waals surface area contributed by atoms with E-state index >= 15 is 0 Å². The van der Waals surface area contributed by atoms with Gasteiger partial charge in [-0.25, -0.2) is 0 Å². The molecule has 0 radical (unpaired) electrons. The zero-order valence-electron chi connectivity index (χ0n) is 9.39. The number of hydrogen-bond donors (Lipinski definition) is 2. The van der Waals surface area contributed by atoms with E-state index in [9.17, 15) is 4.79 Å². The molecule has 0 fully saturated rings. The molecule has 0 aliphatic rings. The quantitative estimate of drug-likeness (QED) is 0.711. The molecule has 1 heterocycles. The summed E-state index contributed by atoms with van der Waals surface area (Å²) in [5.41, 5.74) is 0.687. The lowest BCUT2D eigenvalue weighted by Gasteiger charge is -2.05. The fourth-order valence-corrected chi connectivity index (χ4v) is 3.95. The summed E-state index contributed by atoms with van der Waals surface area (Å²) in [6.45, 7) is 4.57. The number of carbonyl (C=O) groups is 1. The molecule has 1 rings (SSSR count). The minimum atomic E-state index is -0.0351. The van der Waals surface area contributed by atoms with Crippen molar-refractivity contribution in [2.24, 2.45) is 0 Å². The second-order valence-electron chi connectivity index (χ2n) is 3.24. The molecule has 0 saturated heterocycles. The van der Waals surface area contributed by atoms with E-state index in [1.807, 2.05) is 6.07 Å². The summed E-state index contributed by atoms with van der Waals surface area (Å²) in [6.07, 6.45) is 1.11. The molecule has 1 aromatic rings. The summed E-state index contributed by atoms with van der Waals surface area (Å²) in [7, 11) is 0. The van der Waals surface area contributed by atoms with Crippen molar-refractivity contribution in [2.45, 2.75) is 13.3 Å². The summed E-state index contributed by atoms with van der Waals surface area (Å²) >= 11 is 8.22. The highest BCUT2D eigenvalue weighted by Gasteiger charge is 2.12. The van der Waals surface area contributed by atoms with Crippen LogP contribution in [0.2, 0.25) is 0 Å². The molecule has 7 heteroatoms. The van der Waals surface area contributed by atoms with Gasteiger partial charge < -0.3 is 10.6 Å². The van der Waals surface area contributed by atoms with E-state index in [0.29, 0.717) is 12.1 Å². The van der Waals surface area contributed by atoms with Gasteiger partial charge in [-0.2, -0.15) is 0 Å². The molecule has 0 bridgehead atoms. The fraction of sp³-hybridized carbons (Fsp3) is 0.500. The Labute approximate surface area is 128 Å². The van der Waals surface area contributed by atoms with Gasteiger partial charge in [0.2, 0.25) is 0 Å². The third-order valence-corrected chi connectivity index (χ3v) is 4.25. The van der Waals surface area contributed by atoms with Crippen LogP contribution in [0.4, 0.5) is 0 Å². The van der Waals surface area contributed by atoms with Crippen LogP contribution in [0.15, 0.2) is 13.6 Å². The second kappa shape index (κ2) is 9.33. The molecule has 2 N–H and O–H groups in total. The number of rotatable bonds is 6. The van der Waals surface area contributed by atoms with Gasteiger partial charge in [-0.15, -0.1) is 23.7 Å². The molecule has 98 valence electrons. The lowest BCUT2D eigenvalue weighted by Crippen LogP contribution is -2.32. The molecular formula is C10H15Br2ClN2OS. The summed E-state index contributed by atoms with van der Waals surface area (Å²) in [5.74, 6) is -0.0351. The second-order valence-corrected chi connectivity index (χ2v) is 6.99. The zero-order chi connectivity index (χ0) is 12.0. The number of carbonyl (C=O) groups excluding carboxylic acids is 1. The van der Waals surface area contributed by atoms with Crippen molar-refractivity contribution in [1.29, 1.82) is 0 Å². The Morgan fingerprint density at radius 2 is 2.06 bits per heavy atom. The first-order chi connectivity index (χ1) is 7.65. The Kier molecular flexibility index (Phi) is 9.54. The van der Waals surface area contributed by atoms with Crippen molar-refractivity contribution in [3.8, 4) is 0 Å². The highest BCUT2D eigenvalue weighted by molar-refractivity contribution is 9.12. The fourth-order valence-electron chi connectivity index (χ4n) is 1.16. The largest absolute Gasteiger partial charge is 0.351 e. The van der Waals surface area contributed by atoms with Crippen LogP contribution in [-0.4, -0.2) is 25.5 Å². The number of nitrogens with one attached hydrogen (secondary N) is 2. The predicted molar refractivity (Wildman–Crippen MR) is 82.5 cm³/mol. The molecule has 0 atom stereocenters. The molecule has 1 aromatic heterocycles. The molecule has 0 aliphatic carbocycles. The van der Waals surface area contributed by atoms with Crippen molar-refractivity contribution in [3.63, 3.8) is 0 Å². The third-order valence-electron chi connectivity index (χ3n) is 1.92. The summed E-state index contributed by atoms with van der Waals surface area (Å²) in [6, 6.07) is 1.82. The van der Waals surface area contributed by atoms with E-state index in [0.717, 1.165) is 27.1 Å². The average Bonchev–Trinajstić information content (AvgIpc) is 2.57. The smallest absolute Gasteiger partial charge is 0.253 e. The molecule has 0 aromatic carbocycles. The molecule has 3 nitrogen and oxygen atoms in total. The minimum absolute atomic E-state index is 0. The minimum Gasteiger partial charge on any atom is -0.351 e. The molecule has 1 amide bonds. The first-order valence-corrected chi connectivity index (χ1v) is 7.49. The van der Waals surface area contributed by atoms with Crippen molar-refractivity contribution in [2.75, 3.05) is 19.6 Å². The standard InChI is InChI=1S/C10H14Br2N2OS.ClH/c1-2-3-13-4-5-14-10(15)7-6-8(11)16-9(7)12;/h6,13H,2-5H2,1H3,(H,14,15);1H. The normalized spacial score (nSPS) is 9.82. The van der Waals surface area contributed by atoms with Crippen molar-refractivity contribution < 1.29 is 4.79 Å². The highest BCUT2D eigenvalue weighted by atomic mass is 79.9. The summed E-state index contributed by atoms with van der Waals surface area (Å²) in [4.78, 5) is 11.7. The lowest BCUT2D eigenvalue weighted by atomic mass is 10.3. The zero-order valence-corrected chi connectivity index (χ0v) is 14.2. The van der Waals surface area contributed by atoms with Gasteiger partial charge in [0.15, 0.2) is 0 Å². The highest BCUT2D eigenvalue weighted by Crippen LogP contribution is 2.31. The maximum atomic E-state index is 11.7. The van der Waals surface area contributed by atoms with E-state index < -0.39 is 0 Å². The number of hydrogen-bond acceptors (Lipinski definition) is 3. The number of halogens is 3. The molecule has 17 heavy (non-hydrogen) atoms. The van der Waals surface area contributed by atoms with E-state index in [4.69, 9.17) is 0 Å². The number of amides is 1. The Hall–Kier alpha value is 0.380. The first-order valence-electron chi connectivity index (χ1n) is 5.09. The topological polar surface area (TPSA) is 41.1 Å². The van der Waals surface area contributed by atoms with Crippen LogP contribution in [0.1, 0.15) is 23.7 Å². The van der Waals surface area contributed by atoms with Gasteiger partial charge in [-0.1, -0.05) is 6.92 Å². The Balaban J connectivity index is 0.00000256. The van der Waals surface area contributed by atoms with Crippen LogP contribution in [0.3, 0.4) is 0 Å². The van der Waals surface area contributed by atoms with E-state index in [-0.39, 0.29) is 18.3 Å². The number of thiophene rings is 1. The van der Waals surface area contributed by atoms with Crippen LogP contribution in [0.25, 0.3) is 0 Å². The van der Waals surface area contributed by atoms with Gasteiger partial charge >= 0.3 is 0 Å². The van der Waals surface area contributed by atoms with E-state index in [1.54, 1.807) is 0 Å². The lowest BCUT2D eigenvalue weighted by molar-refractivity contribution is 0.0953. The Bertz CT molecular complexity index is 360. The van der Waals surface area contributed by atoms with E-state index in [2.05, 4.69) is 49.4 Å². The summed E-state index contributed by atoms with van der Waals surface area (Å²) in [5, 5.41) is 6.10. The monoisotopic (exact) mass is 404 g/mol. The molecule has 0 aliphatic heterocycles. The van der Waals surface area contributed by atoms with Crippen molar-refractivity contribution >= 4 is 61.5 Å². The van der Waals surface area contributed by atoms with Crippen LogP contribution in [0, 0.1) is 0 Å². The molecular weight excluding hydrogens is 391 g/mol. The van der Waals surface area contributed by atoms with Gasteiger partial charge in [0.1, 0.15) is 0 Å². The van der Waals surface area contributed by atoms with E-state index in [1.165, 1.54) is 11.3 Å². The van der Waals surface area contributed by atoms with Crippen LogP contribution in [-0.2, 0) is 0 Å². The molecule has 0 unspecified atom stereocenters. The van der Waals surface area contributed by atoms with Gasteiger partial charge in [0.05, 0.1) is 13.1 Å². The molecule has 0 spiro atoms. The first kappa shape index (κ1) is 17.4. The summed E-state index contributed by atoms with van der Waals surface area (Å²) < 4.78 is 1.81. The average molecular weight is 407 g/mol.